The molecule has 0 fully saturated rings. The number of rotatable bonds is 9. The van der Waals surface area contributed by atoms with Gasteiger partial charge in [-0.05, 0) is 61.8 Å². The second-order valence-corrected chi connectivity index (χ2v) is 16.1. The van der Waals surface area contributed by atoms with Gasteiger partial charge in [-0.1, -0.05) is 38.5 Å². The number of pyridine rings is 1. The van der Waals surface area contributed by atoms with Crippen LogP contribution in [0.25, 0.3) is 33.2 Å². The van der Waals surface area contributed by atoms with E-state index in [2.05, 4.69) is 43.4 Å². The number of fused-ring (bicyclic) bond motifs is 2. The Morgan fingerprint density at radius 3 is 2.26 bits per heavy atom. The van der Waals surface area contributed by atoms with Crippen LogP contribution in [-0.2, 0) is 21.0 Å². The van der Waals surface area contributed by atoms with Crippen LogP contribution in [0.2, 0.25) is 13.1 Å². The van der Waals surface area contributed by atoms with Gasteiger partial charge in [-0.25, -0.2) is 17.4 Å². The lowest BCUT2D eigenvalue weighted by molar-refractivity contribution is 0.0716. The van der Waals surface area contributed by atoms with Crippen LogP contribution in [0.4, 0.5) is 0 Å². The molecule has 3 aromatic heterocycles. The predicted octanol–water partition coefficient (Wildman–Crippen LogP) is 6.64. The van der Waals surface area contributed by atoms with Crippen molar-refractivity contribution in [1.29, 1.82) is 0 Å². The van der Waals surface area contributed by atoms with Crippen LogP contribution in [-0.4, -0.2) is 51.3 Å². The monoisotopic (exact) mass is 605 g/mol. The summed E-state index contributed by atoms with van der Waals surface area (Å²) in [5, 5.41) is 1.57. The lowest BCUT2D eigenvalue weighted by atomic mass is 9.89. The van der Waals surface area contributed by atoms with Crippen LogP contribution in [0.3, 0.4) is 0 Å². The lowest BCUT2D eigenvalue weighted by Gasteiger charge is -2.33. The third kappa shape index (κ3) is 5.46. The topological polar surface area (TPSA) is 84.6 Å². The van der Waals surface area contributed by atoms with Crippen molar-refractivity contribution >= 4 is 41.0 Å². The molecule has 0 radical (unpaired) electrons. The number of benzene rings is 2. The third-order valence-corrected chi connectivity index (χ3v) is 10.1. The smallest absolute Gasteiger partial charge is 0.269 e. The van der Waals surface area contributed by atoms with Gasteiger partial charge in [0.05, 0.1) is 36.4 Å². The molecule has 0 saturated carbocycles. The summed E-state index contributed by atoms with van der Waals surface area (Å²) < 4.78 is 49.9. The number of hydrogen-bond acceptors (Lipinski definition) is 6. The summed E-state index contributed by atoms with van der Waals surface area (Å²) in [6.07, 6.45) is 3.58. The molecule has 0 saturated heterocycles. The molecule has 0 amide bonds. The van der Waals surface area contributed by atoms with Gasteiger partial charge in [-0.15, -0.1) is 0 Å². The molecule has 0 aliphatic carbocycles. The molecular weight excluding hydrogens is 567 g/mol. The zero-order valence-corrected chi connectivity index (χ0v) is 27.5. The van der Waals surface area contributed by atoms with Crippen molar-refractivity contribution in [3.05, 3.63) is 72.6 Å². The Kier molecular flexibility index (Phi) is 7.99. The van der Waals surface area contributed by atoms with Crippen molar-refractivity contribution in [2.24, 2.45) is 5.41 Å². The van der Waals surface area contributed by atoms with Gasteiger partial charge in [-0.3, -0.25) is 0 Å². The Morgan fingerprint density at radius 1 is 0.976 bits per heavy atom. The molecule has 10 heteroatoms. The summed E-state index contributed by atoms with van der Waals surface area (Å²) in [6.45, 7) is 13.4. The first-order chi connectivity index (χ1) is 19.8. The predicted molar refractivity (Wildman–Crippen MR) is 171 cm³/mol. The molecule has 5 aromatic rings. The van der Waals surface area contributed by atoms with E-state index in [0.717, 1.165) is 27.4 Å². The molecule has 5 rings (SSSR count). The van der Waals surface area contributed by atoms with Crippen LogP contribution < -0.4 is 9.47 Å². The first-order valence-corrected chi connectivity index (χ1v) is 18.3. The fourth-order valence-corrected chi connectivity index (χ4v) is 7.89. The van der Waals surface area contributed by atoms with E-state index in [0.29, 0.717) is 29.4 Å². The van der Waals surface area contributed by atoms with E-state index in [4.69, 9.17) is 13.9 Å². The quantitative estimate of drug-likeness (QED) is 0.175. The van der Waals surface area contributed by atoms with E-state index in [9.17, 15) is 8.42 Å². The number of methoxy groups -OCH3 is 2. The van der Waals surface area contributed by atoms with E-state index in [1.807, 2.05) is 43.5 Å². The van der Waals surface area contributed by atoms with E-state index >= 15 is 0 Å². The Morgan fingerprint density at radius 2 is 1.64 bits per heavy atom. The molecule has 222 valence electrons. The summed E-state index contributed by atoms with van der Waals surface area (Å²) in [5.41, 5.74) is 3.40. The second kappa shape index (κ2) is 11.2. The number of ether oxygens (including phenoxy) is 2. The largest absolute Gasteiger partial charge is 0.493 e. The maximum absolute atomic E-state index is 14.3. The van der Waals surface area contributed by atoms with Gasteiger partial charge in [0, 0.05) is 41.3 Å². The lowest BCUT2D eigenvalue weighted by Crippen LogP contribution is -2.36. The van der Waals surface area contributed by atoms with Crippen LogP contribution in [0.15, 0.2) is 71.9 Å². The average Bonchev–Trinajstić information content (AvgIpc) is 3.49. The van der Waals surface area contributed by atoms with Crippen molar-refractivity contribution in [3.63, 3.8) is 0 Å². The first-order valence-electron chi connectivity index (χ1n) is 14.0. The van der Waals surface area contributed by atoms with E-state index in [1.54, 1.807) is 44.7 Å². The Labute approximate surface area is 249 Å². The van der Waals surface area contributed by atoms with Gasteiger partial charge in [0.15, 0.2) is 26.2 Å². The van der Waals surface area contributed by atoms with Crippen LogP contribution >= 0.6 is 0 Å². The third-order valence-electron chi connectivity index (χ3n) is 7.51. The highest BCUT2D eigenvalue weighted by Gasteiger charge is 2.30. The molecule has 0 aliphatic heterocycles. The van der Waals surface area contributed by atoms with Gasteiger partial charge in [0.2, 0.25) is 0 Å². The summed E-state index contributed by atoms with van der Waals surface area (Å²) >= 11 is 0. The molecule has 0 N–H and O–H groups in total. The summed E-state index contributed by atoms with van der Waals surface area (Å²) in [5.74, 6) is 1.15. The molecule has 0 aliphatic rings. The number of nitrogens with zero attached hydrogens (tertiary/aromatic N) is 3. The van der Waals surface area contributed by atoms with Crippen molar-refractivity contribution in [2.75, 3.05) is 14.2 Å². The molecule has 3 heterocycles. The van der Waals surface area contributed by atoms with Crippen molar-refractivity contribution in [1.82, 2.24) is 13.5 Å². The fourth-order valence-electron chi connectivity index (χ4n) is 5.26. The molecule has 0 spiro atoms. The van der Waals surface area contributed by atoms with Crippen LogP contribution in [0.1, 0.15) is 26.3 Å². The molecule has 0 bridgehead atoms. The Hall–Kier alpha value is -3.60. The van der Waals surface area contributed by atoms with Gasteiger partial charge in [0.25, 0.3) is 10.0 Å². The minimum atomic E-state index is -4.00. The maximum atomic E-state index is 14.3. The Balaban J connectivity index is 1.82. The molecule has 8 nitrogen and oxygen atoms in total. The van der Waals surface area contributed by atoms with Gasteiger partial charge < -0.3 is 18.5 Å². The van der Waals surface area contributed by atoms with Gasteiger partial charge in [-0.2, -0.15) is 0 Å². The maximum Gasteiger partial charge on any atom is 0.269 e. The van der Waals surface area contributed by atoms with Crippen LogP contribution in [0.5, 0.6) is 11.5 Å². The molecule has 42 heavy (non-hydrogen) atoms. The van der Waals surface area contributed by atoms with E-state index < -0.39 is 19.1 Å². The van der Waals surface area contributed by atoms with E-state index in [1.165, 1.54) is 3.97 Å². The minimum absolute atomic E-state index is 0.0514. The highest BCUT2D eigenvalue weighted by atomic mass is 32.2. The zero-order chi connectivity index (χ0) is 30.4. The van der Waals surface area contributed by atoms with Crippen molar-refractivity contribution in [3.8, 4) is 22.8 Å². The molecule has 2 aromatic carbocycles. The van der Waals surface area contributed by atoms with Crippen LogP contribution in [0, 0.1) is 12.3 Å². The molecular formula is C32H39N3O5SSi. The number of aryl methyl sites for hydroxylation is 1. The summed E-state index contributed by atoms with van der Waals surface area (Å²) in [4.78, 5) is 4.71. The zero-order valence-electron chi connectivity index (χ0n) is 25.5. The average molecular weight is 606 g/mol. The fraction of sp³-hybridized carbons (Fsp3) is 0.344. The second-order valence-electron chi connectivity index (χ2n) is 12.0. The SMILES string of the molecule is COc1cc2c(-c3cc4cccnc4n3S(=O)(=O)c3ccc(C)cc3)cn(CC(O[SiH](C)C)C(C)(C)C)c2cc1OC. The standard InChI is InChI=1S/C32H39N3O5SSi/c1-21-11-13-23(14-12-21)41(36,37)35-27(16-22-10-9-15-33-31(22)35)25-19-34(20-30(32(2,3)4)40-42(7)8)26-18-29(39-6)28(38-5)17-24(25)26/h9-19,30,42H,20H2,1-8H3. The van der Waals surface area contributed by atoms with E-state index in [-0.39, 0.29) is 16.4 Å². The minimum Gasteiger partial charge on any atom is -0.493 e. The summed E-state index contributed by atoms with van der Waals surface area (Å²) in [7, 11) is -2.14. The number of aromatic nitrogens is 3. The highest BCUT2D eigenvalue weighted by Crippen LogP contribution is 2.41. The number of hydrogen-bond donors (Lipinski definition) is 0. The highest BCUT2D eigenvalue weighted by molar-refractivity contribution is 7.90. The first kappa shape index (κ1) is 29.9. The van der Waals surface area contributed by atoms with Crippen molar-refractivity contribution in [2.45, 2.75) is 58.3 Å². The van der Waals surface area contributed by atoms with Gasteiger partial charge >= 0.3 is 0 Å². The molecule has 1 unspecified atom stereocenters. The molecule has 1 atom stereocenters. The normalized spacial score (nSPS) is 13.3. The van der Waals surface area contributed by atoms with Gasteiger partial charge in [0.1, 0.15) is 0 Å². The summed E-state index contributed by atoms with van der Waals surface area (Å²) in [6, 6.07) is 16.3. The Bertz CT molecular complexity index is 1850. The van der Waals surface area contributed by atoms with Crippen molar-refractivity contribution < 1.29 is 22.3 Å².